The molecular weight excluding hydrogens is 140 g/mol. The van der Waals surface area contributed by atoms with Crippen molar-refractivity contribution >= 4 is 11.3 Å². The number of anilines is 1. The molecule has 2 aromatic heterocycles. The topological polar surface area (TPSA) is 42.2 Å². The maximum absolute atomic E-state index is 4.10. The minimum atomic E-state index is 0.858. The van der Waals surface area contributed by atoms with Crippen molar-refractivity contribution in [3.8, 4) is 0 Å². The molecule has 56 valence electrons. The maximum atomic E-state index is 4.10. The number of aromatic nitrogens is 3. The molecule has 0 spiro atoms. The number of hydrogen-bond donors (Lipinski definition) is 1. The standard InChI is InChI=1S/C7H8N4/c1-8-6-4-7-9-2-3-11(7)10-5-6/h2-5,8H,1H3. The van der Waals surface area contributed by atoms with Crippen LogP contribution in [-0.4, -0.2) is 21.6 Å². The highest BCUT2D eigenvalue weighted by Crippen LogP contribution is 2.06. The van der Waals surface area contributed by atoms with Gasteiger partial charge in [-0.15, -0.1) is 0 Å². The summed E-state index contributed by atoms with van der Waals surface area (Å²) in [5.41, 5.74) is 1.83. The minimum Gasteiger partial charge on any atom is -0.387 e. The van der Waals surface area contributed by atoms with Crippen LogP contribution >= 0.6 is 0 Å². The molecule has 0 aliphatic rings. The average molecular weight is 148 g/mol. The van der Waals surface area contributed by atoms with E-state index in [0.29, 0.717) is 0 Å². The molecule has 0 aliphatic carbocycles. The quantitative estimate of drug-likeness (QED) is 0.649. The first-order valence-corrected chi connectivity index (χ1v) is 3.37. The van der Waals surface area contributed by atoms with Crippen LogP contribution in [0.25, 0.3) is 5.65 Å². The molecular formula is C7H8N4. The Kier molecular flexibility index (Phi) is 1.25. The van der Waals surface area contributed by atoms with Crippen LogP contribution in [0.5, 0.6) is 0 Å². The smallest absolute Gasteiger partial charge is 0.155 e. The van der Waals surface area contributed by atoms with E-state index in [2.05, 4.69) is 15.4 Å². The Balaban J connectivity index is 2.67. The third-order valence-electron chi connectivity index (χ3n) is 1.54. The number of fused-ring (bicyclic) bond motifs is 1. The Bertz CT molecular complexity index is 365. The van der Waals surface area contributed by atoms with Gasteiger partial charge in [0.15, 0.2) is 5.65 Å². The number of hydrogen-bond acceptors (Lipinski definition) is 3. The second kappa shape index (κ2) is 2.23. The summed E-state index contributed by atoms with van der Waals surface area (Å²) in [6.45, 7) is 0. The molecule has 4 nitrogen and oxygen atoms in total. The van der Waals surface area contributed by atoms with E-state index in [0.717, 1.165) is 11.3 Å². The Morgan fingerprint density at radius 3 is 3.27 bits per heavy atom. The van der Waals surface area contributed by atoms with Crippen LogP contribution in [0.2, 0.25) is 0 Å². The predicted molar refractivity (Wildman–Crippen MR) is 42.5 cm³/mol. The minimum absolute atomic E-state index is 0.858. The van der Waals surface area contributed by atoms with Crippen molar-refractivity contribution in [1.82, 2.24) is 14.6 Å². The molecule has 0 saturated heterocycles. The molecule has 2 heterocycles. The summed E-state index contributed by atoms with van der Waals surface area (Å²) >= 11 is 0. The summed E-state index contributed by atoms with van der Waals surface area (Å²) in [7, 11) is 1.86. The van der Waals surface area contributed by atoms with Gasteiger partial charge in [0, 0.05) is 25.5 Å². The summed E-state index contributed by atoms with van der Waals surface area (Å²) < 4.78 is 1.72. The lowest BCUT2D eigenvalue weighted by Gasteiger charge is -1.97. The van der Waals surface area contributed by atoms with Crippen LogP contribution in [0.4, 0.5) is 5.69 Å². The molecule has 0 atom stereocenters. The van der Waals surface area contributed by atoms with Gasteiger partial charge in [-0.2, -0.15) is 5.10 Å². The van der Waals surface area contributed by atoms with Gasteiger partial charge in [0.2, 0.25) is 0 Å². The number of nitrogens with one attached hydrogen (secondary N) is 1. The Morgan fingerprint density at radius 1 is 1.55 bits per heavy atom. The fourth-order valence-electron chi connectivity index (χ4n) is 0.947. The lowest BCUT2D eigenvalue weighted by atomic mass is 10.5. The van der Waals surface area contributed by atoms with Crippen molar-refractivity contribution in [2.75, 3.05) is 12.4 Å². The van der Waals surface area contributed by atoms with Crippen molar-refractivity contribution in [2.45, 2.75) is 0 Å². The van der Waals surface area contributed by atoms with Gasteiger partial charge in [-0.25, -0.2) is 9.50 Å². The van der Waals surface area contributed by atoms with E-state index in [4.69, 9.17) is 0 Å². The normalized spacial score (nSPS) is 10.3. The van der Waals surface area contributed by atoms with E-state index in [1.807, 2.05) is 19.3 Å². The monoisotopic (exact) mass is 148 g/mol. The highest BCUT2D eigenvalue weighted by Gasteiger charge is 1.94. The molecule has 4 heteroatoms. The molecule has 1 N–H and O–H groups in total. The van der Waals surface area contributed by atoms with Gasteiger partial charge in [0.1, 0.15) is 0 Å². The van der Waals surface area contributed by atoms with E-state index >= 15 is 0 Å². The van der Waals surface area contributed by atoms with Crippen LogP contribution in [0.15, 0.2) is 24.7 Å². The molecule has 0 fully saturated rings. The van der Waals surface area contributed by atoms with Crippen LogP contribution in [0, 0.1) is 0 Å². The second-order valence-corrected chi connectivity index (χ2v) is 2.22. The lowest BCUT2D eigenvalue weighted by molar-refractivity contribution is 0.937. The molecule has 0 aromatic carbocycles. The highest BCUT2D eigenvalue weighted by molar-refractivity contribution is 5.51. The predicted octanol–water partition coefficient (Wildman–Crippen LogP) is 0.771. The zero-order chi connectivity index (χ0) is 7.68. The molecule has 2 rings (SSSR count). The van der Waals surface area contributed by atoms with Gasteiger partial charge in [0.05, 0.1) is 11.9 Å². The molecule has 0 unspecified atom stereocenters. The first-order chi connectivity index (χ1) is 5.40. The number of nitrogens with zero attached hydrogens (tertiary/aromatic N) is 3. The van der Waals surface area contributed by atoms with Crippen LogP contribution in [0.1, 0.15) is 0 Å². The molecule has 0 saturated carbocycles. The van der Waals surface area contributed by atoms with Crippen molar-refractivity contribution in [1.29, 1.82) is 0 Å². The average Bonchev–Trinajstić information content (AvgIpc) is 2.50. The van der Waals surface area contributed by atoms with E-state index in [1.54, 1.807) is 16.9 Å². The molecule has 0 bridgehead atoms. The van der Waals surface area contributed by atoms with Gasteiger partial charge in [-0.05, 0) is 0 Å². The second-order valence-electron chi connectivity index (χ2n) is 2.22. The largest absolute Gasteiger partial charge is 0.387 e. The number of rotatable bonds is 1. The van der Waals surface area contributed by atoms with Crippen molar-refractivity contribution in [2.24, 2.45) is 0 Å². The molecule has 0 radical (unpaired) electrons. The van der Waals surface area contributed by atoms with E-state index in [-0.39, 0.29) is 0 Å². The van der Waals surface area contributed by atoms with Gasteiger partial charge < -0.3 is 5.32 Å². The maximum Gasteiger partial charge on any atom is 0.155 e. The highest BCUT2D eigenvalue weighted by atomic mass is 15.2. The Hall–Kier alpha value is -1.58. The van der Waals surface area contributed by atoms with Gasteiger partial charge in [-0.3, -0.25) is 0 Å². The third-order valence-corrected chi connectivity index (χ3v) is 1.54. The lowest BCUT2D eigenvalue weighted by Crippen LogP contribution is -1.93. The first kappa shape index (κ1) is 6.15. The first-order valence-electron chi connectivity index (χ1n) is 3.37. The third kappa shape index (κ3) is 0.920. The van der Waals surface area contributed by atoms with Crippen molar-refractivity contribution < 1.29 is 0 Å². The summed E-state index contributed by atoms with van der Waals surface area (Å²) in [5, 5.41) is 7.10. The molecule has 2 aromatic rings. The zero-order valence-corrected chi connectivity index (χ0v) is 6.15. The zero-order valence-electron chi connectivity index (χ0n) is 6.15. The van der Waals surface area contributed by atoms with Gasteiger partial charge >= 0.3 is 0 Å². The summed E-state index contributed by atoms with van der Waals surface area (Å²) in [5.74, 6) is 0. The van der Waals surface area contributed by atoms with E-state index < -0.39 is 0 Å². The van der Waals surface area contributed by atoms with E-state index in [1.165, 1.54) is 0 Å². The van der Waals surface area contributed by atoms with Gasteiger partial charge in [0.25, 0.3) is 0 Å². The fourth-order valence-corrected chi connectivity index (χ4v) is 0.947. The SMILES string of the molecule is CNc1cnn2ccnc2c1. The van der Waals surface area contributed by atoms with Gasteiger partial charge in [-0.1, -0.05) is 0 Å². The molecule has 0 aliphatic heterocycles. The summed E-state index contributed by atoms with van der Waals surface area (Å²) in [6.07, 6.45) is 5.30. The van der Waals surface area contributed by atoms with E-state index in [9.17, 15) is 0 Å². The van der Waals surface area contributed by atoms with Crippen molar-refractivity contribution in [3.05, 3.63) is 24.7 Å². The fraction of sp³-hybridized carbons (Fsp3) is 0.143. The molecule has 11 heavy (non-hydrogen) atoms. The Labute approximate surface area is 63.9 Å². The van der Waals surface area contributed by atoms with Crippen LogP contribution in [0.3, 0.4) is 0 Å². The Morgan fingerprint density at radius 2 is 2.45 bits per heavy atom. The van der Waals surface area contributed by atoms with Crippen molar-refractivity contribution in [3.63, 3.8) is 0 Å². The van der Waals surface area contributed by atoms with Crippen LogP contribution < -0.4 is 5.32 Å². The number of imidazole rings is 1. The summed E-state index contributed by atoms with van der Waals surface area (Å²) in [4.78, 5) is 4.09. The molecule has 0 amide bonds. The van der Waals surface area contributed by atoms with Crippen LogP contribution in [-0.2, 0) is 0 Å². The summed E-state index contributed by atoms with van der Waals surface area (Å²) in [6, 6.07) is 1.94.